The van der Waals surface area contributed by atoms with Gasteiger partial charge in [-0.25, -0.2) is 4.79 Å². The van der Waals surface area contributed by atoms with Crippen LogP contribution in [0.2, 0.25) is 0 Å². The summed E-state index contributed by atoms with van der Waals surface area (Å²) in [4.78, 5) is 10.6. The third-order valence-corrected chi connectivity index (χ3v) is 1.77. The van der Waals surface area contributed by atoms with E-state index in [0.717, 1.165) is 7.11 Å². The molecule has 15 heavy (non-hydrogen) atoms. The van der Waals surface area contributed by atoms with Crippen LogP contribution >= 0.6 is 0 Å². The fourth-order valence-electron chi connectivity index (χ4n) is 1.07. The lowest BCUT2D eigenvalue weighted by atomic mass is 10.1. The molecule has 0 amide bonds. The summed E-state index contributed by atoms with van der Waals surface area (Å²) in [7, 11) is 1.05. The van der Waals surface area contributed by atoms with Crippen LogP contribution < -0.4 is 4.74 Å². The molecule has 82 valence electrons. The molecule has 0 heterocycles. The highest BCUT2D eigenvalue weighted by molar-refractivity contribution is 5.97. The average molecular weight is 216 g/mol. The third kappa shape index (κ3) is 1.43. The van der Waals surface area contributed by atoms with Crippen LogP contribution in [-0.4, -0.2) is 38.6 Å². The summed E-state index contributed by atoms with van der Waals surface area (Å²) in [6.07, 6.45) is 0. The fourth-order valence-corrected chi connectivity index (χ4v) is 1.07. The molecule has 0 aliphatic rings. The van der Waals surface area contributed by atoms with Crippen molar-refractivity contribution in [2.75, 3.05) is 7.11 Å². The lowest BCUT2D eigenvalue weighted by molar-refractivity contribution is 0.0688. The highest BCUT2D eigenvalue weighted by Gasteiger charge is 2.28. The van der Waals surface area contributed by atoms with Gasteiger partial charge in [0.1, 0.15) is 0 Å². The minimum Gasteiger partial charge on any atom is -0.503 e. The van der Waals surface area contributed by atoms with E-state index < -0.39 is 40.3 Å². The number of phenols is 4. The maximum atomic E-state index is 10.6. The van der Waals surface area contributed by atoms with E-state index in [0.29, 0.717) is 0 Å². The first-order chi connectivity index (χ1) is 6.91. The van der Waals surface area contributed by atoms with Gasteiger partial charge in [-0.3, -0.25) is 0 Å². The molecular formula is C8H8O7. The smallest absolute Gasteiger partial charge is 0.343 e. The molecule has 1 aromatic carbocycles. The minimum absolute atomic E-state index is 0.622. The Morgan fingerprint density at radius 1 is 1.00 bits per heavy atom. The Labute approximate surface area is 83.4 Å². The van der Waals surface area contributed by atoms with E-state index >= 15 is 0 Å². The molecule has 5 N–H and O–H groups in total. The number of aromatic carboxylic acids is 1. The number of carboxylic acids is 1. The molecule has 0 saturated heterocycles. The van der Waals surface area contributed by atoms with Gasteiger partial charge in [0.25, 0.3) is 0 Å². The van der Waals surface area contributed by atoms with Crippen LogP contribution in [-0.2, 0) is 0 Å². The van der Waals surface area contributed by atoms with Crippen molar-refractivity contribution in [2.24, 2.45) is 0 Å². The van der Waals surface area contributed by atoms with Crippen molar-refractivity contribution in [1.82, 2.24) is 0 Å². The lowest BCUT2D eigenvalue weighted by Gasteiger charge is -2.11. The van der Waals surface area contributed by atoms with Crippen LogP contribution in [0, 0.1) is 0 Å². The zero-order valence-electron chi connectivity index (χ0n) is 7.55. The normalized spacial score (nSPS) is 9.93. The van der Waals surface area contributed by atoms with E-state index in [2.05, 4.69) is 4.74 Å². The number of carboxylic acid groups (broad SMARTS) is 1. The van der Waals surface area contributed by atoms with Gasteiger partial charge in [0, 0.05) is 0 Å². The Balaban J connectivity index is 3.68. The van der Waals surface area contributed by atoms with E-state index in [1.54, 1.807) is 0 Å². The molecule has 1 rings (SSSR count). The minimum atomic E-state index is -1.67. The van der Waals surface area contributed by atoms with Crippen LogP contribution in [0.1, 0.15) is 10.4 Å². The molecule has 0 bridgehead atoms. The highest BCUT2D eigenvalue weighted by Crippen LogP contribution is 2.51. The second-order valence-electron chi connectivity index (χ2n) is 2.61. The van der Waals surface area contributed by atoms with Gasteiger partial charge in [-0.2, -0.15) is 0 Å². The SMILES string of the molecule is COc1c(O)c(O)c(O)c(C(=O)O)c1O. The largest absolute Gasteiger partial charge is 0.503 e. The first kappa shape index (κ1) is 10.8. The van der Waals surface area contributed by atoms with Crippen molar-refractivity contribution in [3.05, 3.63) is 5.56 Å². The number of phenolic OH excluding ortho intramolecular Hbond substituents is 2. The Morgan fingerprint density at radius 2 is 1.53 bits per heavy atom. The van der Waals surface area contributed by atoms with Crippen molar-refractivity contribution < 1.29 is 35.1 Å². The summed E-state index contributed by atoms with van der Waals surface area (Å²) in [6, 6.07) is 0. The maximum absolute atomic E-state index is 10.6. The molecule has 0 aliphatic carbocycles. The van der Waals surface area contributed by atoms with Crippen LogP contribution in [0.4, 0.5) is 0 Å². The Hall–Kier alpha value is -2.31. The van der Waals surface area contributed by atoms with Crippen LogP contribution in [0.15, 0.2) is 0 Å². The lowest BCUT2D eigenvalue weighted by Crippen LogP contribution is -1.99. The van der Waals surface area contributed by atoms with Crippen molar-refractivity contribution in [3.8, 4) is 28.7 Å². The zero-order valence-corrected chi connectivity index (χ0v) is 7.55. The molecule has 0 aliphatic heterocycles. The predicted molar refractivity (Wildman–Crippen MR) is 46.6 cm³/mol. The van der Waals surface area contributed by atoms with E-state index in [9.17, 15) is 15.0 Å². The standard InChI is InChI=1S/C8H8O7/c1-15-7-4(10)2(8(13)14)3(9)5(11)6(7)12/h9-12H,1H3,(H,13,14). The van der Waals surface area contributed by atoms with Gasteiger partial charge in [0.05, 0.1) is 7.11 Å². The molecule has 1 aromatic rings. The van der Waals surface area contributed by atoms with Crippen molar-refractivity contribution in [3.63, 3.8) is 0 Å². The van der Waals surface area contributed by atoms with Gasteiger partial charge in [0.15, 0.2) is 17.1 Å². The van der Waals surface area contributed by atoms with Gasteiger partial charge in [-0.05, 0) is 0 Å². The third-order valence-electron chi connectivity index (χ3n) is 1.77. The van der Waals surface area contributed by atoms with Crippen molar-refractivity contribution in [2.45, 2.75) is 0 Å². The summed E-state index contributed by atoms with van der Waals surface area (Å²) in [5, 5.41) is 45.4. The quantitative estimate of drug-likeness (QED) is 0.353. The van der Waals surface area contributed by atoms with Gasteiger partial charge in [0.2, 0.25) is 17.2 Å². The van der Waals surface area contributed by atoms with E-state index in [-0.39, 0.29) is 0 Å². The maximum Gasteiger partial charge on any atom is 0.343 e. The Bertz CT molecular complexity index is 424. The second kappa shape index (κ2) is 3.45. The Morgan fingerprint density at radius 3 is 1.93 bits per heavy atom. The predicted octanol–water partition coefficient (Wildman–Crippen LogP) is 0.216. The van der Waals surface area contributed by atoms with Gasteiger partial charge >= 0.3 is 5.97 Å². The zero-order chi connectivity index (χ0) is 11.7. The van der Waals surface area contributed by atoms with E-state index in [1.807, 2.05) is 0 Å². The van der Waals surface area contributed by atoms with E-state index in [4.69, 9.17) is 15.3 Å². The molecule has 0 fully saturated rings. The first-order valence-corrected chi connectivity index (χ1v) is 3.68. The molecule has 0 atom stereocenters. The second-order valence-corrected chi connectivity index (χ2v) is 2.61. The molecule has 7 nitrogen and oxygen atoms in total. The van der Waals surface area contributed by atoms with Crippen molar-refractivity contribution >= 4 is 5.97 Å². The summed E-state index contributed by atoms with van der Waals surface area (Å²) < 4.78 is 4.47. The number of benzene rings is 1. The van der Waals surface area contributed by atoms with Crippen molar-refractivity contribution in [1.29, 1.82) is 0 Å². The van der Waals surface area contributed by atoms with Crippen LogP contribution in [0.3, 0.4) is 0 Å². The number of ether oxygens (including phenoxy) is 1. The number of aromatic hydroxyl groups is 4. The Kier molecular flexibility index (Phi) is 2.47. The van der Waals surface area contributed by atoms with Gasteiger partial charge in [-0.1, -0.05) is 0 Å². The van der Waals surface area contributed by atoms with Crippen LogP contribution in [0.5, 0.6) is 28.7 Å². The fraction of sp³-hybridized carbons (Fsp3) is 0.125. The number of methoxy groups -OCH3 is 1. The van der Waals surface area contributed by atoms with E-state index in [1.165, 1.54) is 0 Å². The first-order valence-electron chi connectivity index (χ1n) is 3.68. The number of hydrogen-bond acceptors (Lipinski definition) is 6. The average Bonchev–Trinajstić information content (AvgIpc) is 2.15. The number of hydrogen-bond donors (Lipinski definition) is 5. The molecule has 0 aromatic heterocycles. The summed E-state index contributed by atoms with van der Waals surface area (Å²) in [5.41, 5.74) is -0.942. The summed E-state index contributed by atoms with van der Waals surface area (Å²) in [6.45, 7) is 0. The summed E-state index contributed by atoms with van der Waals surface area (Å²) >= 11 is 0. The monoisotopic (exact) mass is 216 g/mol. The van der Waals surface area contributed by atoms with Gasteiger partial charge in [-0.15, -0.1) is 0 Å². The molecule has 7 heteroatoms. The molecular weight excluding hydrogens is 208 g/mol. The summed E-state index contributed by atoms with van der Waals surface area (Å²) in [5.74, 6) is -6.38. The highest BCUT2D eigenvalue weighted by atomic mass is 16.5. The van der Waals surface area contributed by atoms with Crippen LogP contribution in [0.25, 0.3) is 0 Å². The topological polar surface area (TPSA) is 127 Å². The molecule has 0 spiro atoms. The van der Waals surface area contributed by atoms with Gasteiger partial charge < -0.3 is 30.3 Å². The molecule has 0 saturated carbocycles. The number of rotatable bonds is 2. The molecule has 0 radical (unpaired) electrons. The molecule has 0 unspecified atom stereocenters. The number of carbonyl (C=O) groups is 1.